The van der Waals surface area contributed by atoms with Crippen molar-refractivity contribution in [1.29, 1.82) is 0 Å². The van der Waals surface area contributed by atoms with Gasteiger partial charge in [0, 0.05) is 24.6 Å². The molecule has 0 unspecified atom stereocenters. The molecule has 0 fully saturated rings. The number of fused-ring (bicyclic) bond motifs is 2. The minimum absolute atomic E-state index is 0.234. The van der Waals surface area contributed by atoms with Crippen molar-refractivity contribution in [2.45, 2.75) is 31.7 Å². The van der Waals surface area contributed by atoms with Crippen molar-refractivity contribution in [3.63, 3.8) is 0 Å². The SMILES string of the molecule is COc1cc2c3c(c1OC)C1=CC(=O)CC[C@H]1C[C@H]3N(C)CC2. The molecule has 1 aromatic rings. The summed E-state index contributed by atoms with van der Waals surface area (Å²) in [5, 5.41) is 0. The van der Waals surface area contributed by atoms with Gasteiger partial charge >= 0.3 is 0 Å². The number of likely N-dealkylation sites (N-methyl/N-ethyl adjacent to an activating group) is 1. The molecule has 0 spiro atoms. The van der Waals surface area contributed by atoms with Crippen LogP contribution < -0.4 is 9.47 Å². The van der Waals surface area contributed by atoms with Gasteiger partial charge in [-0.15, -0.1) is 0 Å². The molecule has 0 saturated carbocycles. The molecule has 3 aliphatic rings. The van der Waals surface area contributed by atoms with E-state index in [1.807, 2.05) is 6.08 Å². The van der Waals surface area contributed by atoms with Gasteiger partial charge in [0.25, 0.3) is 0 Å². The van der Waals surface area contributed by atoms with Crippen molar-refractivity contribution in [1.82, 2.24) is 4.90 Å². The predicted molar refractivity (Wildman–Crippen MR) is 88.9 cm³/mol. The molecule has 1 aromatic carbocycles. The molecule has 0 saturated heterocycles. The van der Waals surface area contributed by atoms with Crippen LogP contribution in [0.2, 0.25) is 0 Å². The molecular formula is C19H23NO3. The second-order valence-corrected chi connectivity index (χ2v) is 6.84. The summed E-state index contributed by atoms with van der Waals surface area (Å²) in [4.78, 5) is 14.5. The third-order valence-corrected chi connectivity index (χ3v) is 5.69. The van der Waals surface area contributed by atoms with E-state index in [1.54, 1.807) is 14.2 Å². The smallest absolute Gasteiger partial charge is 0.168 e. The molecule has 0 radical (unpaired) electrons. The molecule has 1 aliphatic heterocycles. The molecule has 2 aliphatic carbocycles. The fraction of sp³-hybridized carbons (Fsp3) is 0.526. The summed E-state index contributed by atoms with van der Waals surface area (Å²) >= 11 is 0. The minimum Gasteiger partial charge on any atom is -0.493 e. The average molecular weight is 313 g/mol. The van der Waals surface area contributed by atoms with Crippen molar-refractivity contribution in [2.75, 3.05) is 27.8 Å². The van der Waals surface area contributed by atoms with Crippen molar-refractivity contribution in [2.24, 2.45) is 5.92 Å². The van der Waals surface area contributed by atoms with Crippen LogP contribution in [-0.4, -0.2) is 38.5 Å². The van der Waals surface area contributed by atoms with E-state index in [9.17, 15) is 4.79 Å². The van der Waals surface area contributed by atoms with Crippen molar-refractivity contribution in [3.8, 4) is 11.5 Å². The number of nitrogens with zero attached hydrogens (tertiary/aromatic N) is 1. The van der Waals surface area contributed by atoms with E-state index >= 15 is 0 Å². The van der Waals surface area contributed by atoms with Gasteiger partial charge in [-0.3, -0.25) is 9.69 Å². The van der Waals surface area contributed by atoms with Gasteiger partial charge in [-0.25, -0.2) is 0 Å². The van der Waals surface area contributed by atoms with Crippen LogP contribution in [0.5, 0.6) is 11.5 Å². The number of ether oxygens (including phenoxy) is 2. The quantitative estimate of drug-likeness (QED) is 0.841. The zero-order valence-corrected chi connectivity index (χ0v) is 14.0. The lowest BCUT2D eigenvalue weighted by Gasteiger charge is -2.44. The van der Waals surface area contributed by atoms with Crippen LogP contribution in [0, 0.1) is 5.92 Å². The number of carbonyl (C=O) groups excluding carboxylic acids is 1. The fourth-order valence-electron chi connectivity index (χ4n) is 4.53. The molecule has 4 rings (SSSR count). The van der Waals surface area contributed by atoms with E-state index < -0.39 is 0 Å². The number of ketones is 1. The van der Waals surface area contributed by atoms with Gasteiger partial charge in [0.1, 0.15) is 0 Å². The molecule has 23 heavy (non-hydrogen) atoms. The standard InChI is InChI=1S/C19H23NO3/c1-20-7-6-12-9-16(22-2)19(23-3)18-14-10-13(21)5-4-11(14)8-15(20)17(12)18/h9-11,15H,4-8H2,1-3H3/t11-,15+/m0/s1. The number of hydrogen-bond acceptors (Lipinski definition) is 4. The average Bonchev–Trinajstić information content (AvgIpc) is 2.57. The molecule has 0 N–H and O–H groups in total. The van der Waals surface area contributed by atoms with Gasteiger partial charge in [-0.2, -0.15) is 0 Å². The summed E-state index contributed by atoms with van der Waals surface area (Å²) < 4.78 is 11.3. The Kier molecular flexibility index (Phi) is 3.45. The third kappa shape index (κ3) is 2.12. The van der Waals surface area contributed by atoms with E-state index in [4.69, 9.17) is 9.47 Å². The van der Waals surface area contributed by atoms with Gasteiger partial charge in [0.2, 0.25) is 0 Å². The molecule has 122 valence electrons. The Balaban J connectivity index is 2.03. The number of benzene rings is 1. The van der Waals surface area contributed by atoms with Gasteiger partial charge in [0.15, 0.2) is 17.3 Å². The zero-order valence-electron chi connectivity index (χ0n) is 14.0. The highest BCUT2D eigenvalue weighted by atomic mass is 16.5. The maximum atomic E-state index is 12.0. The van der Waals surface area contributed by atoms with Gasteiger partial charge in [-0.1, -0.05) is 0 Å². The second-order valence-electron chi connectivity index (χ2n) is 6.84. The van der Waals surface area contributed by atoms with E-state index in [-0.39, 0.29) is 5.78 Å². The Morgan fingerprint density at radius 3 is 2.78 bits per heavy atom. The minimum atomic E-state index is 0.234. The highest BCUT2D eigenvalue weighted by Gasteiger charge is 2.41. The van der Waals surface area contributed by atoms with Crippen LogP contribution in [0.3, 0.4) is 0 Å². The van der Waals surface area contributed by atoms with Crippen molar-refractivity contribution >= 4 is 11.4 Å². The molecule has 4 heteroatoms. The first-order valence-electron chi connectivity index (χ1n) is 8.36. The summed E-state index contributed by atoms with van der Waals surface area (Å²) in [6.45, 7) is 1.07. The number of allylic oxidation sites excluding steroid dienone is 2. The topological polar surface area (TPSA) is 38.8 Å². The highest BCUT2D eigenvalue weighted by Crippen LogP contribution is 2.54. The number of rotatable bonds is 2. The summed E-state index contributed by atoms with van der Waals surface area (Å²) in [5.74, 6) is 2.25. The molecular weight excluding hydrogens is 290 g/mol. The van der Waals surface area contributed by atoms with Crippen LogP contribution in [0.1, 0.15) is 42.0 Å². The first-order chi connectivity index (χ1) is 11.1. The summed E-state index contributed by atoms with van der Waals surface area (Å²) in [6.07, 6.45) is 5.59. The Morgan fingerprint density at radius 2 is 2.04 bits per heavy atom. The van der Waals surface area contributed by atoms with Gasteiger partial charge in [-0.05, 0) is 61.1 Å². The van der Waals surface area contributed by atoms with Crippen molar-refractivity contribution in [3.05, 3.63) is 28.8 Å². The fourth-order valence-corrected chi connectivity index (χ4v) is 4.53. The maximum absolute atomic E-state index is 12.0. The Morgan fingerprint density at radius 1 is 1.22 bits per heavy atom. The van der Waals surface area contributed by atoms with Crippen LogP contribution in [0.25, 0.3) is 5.57 Å². The largest absolute Gasteiger partial charge is 0.493 e. The van der Waals surface area contributed by atoms with Gasteiger partial charge < -0.3 is 9.47 Å². The van der Waals surface area contributed by atoms with Gasteiger partial charge in [0.05, 0.1) is 14.2 Å². The lowest BCUT2D eigenvalue weighted by Crippen LogP contribution is -2.37. The van der Waals surface area contributed by atoms with Crippen LogP contribution in [-0.2, 0) is 11.2 Å². The van der Waals surface area contributed by atoms with Crippen LogP contribution >= 0.6 is 0 Å². The summed E-state index contributed by atoms with van der Waals surface area (Å²) in [6, 6.07) is 2.55. The van der Waals surface area contributed by atoms with E-state index in [0.29, 0.717) is 18.4 Å². The lowest BCUT2D eigenvalue weighted by atomic mass is 9.69. The second kappa shape index (κ2) is 5.38. The predicted octanol–water partition coefficient (Wildman–Crippen LogP) is 3.00. The Hall–Kier alpha value is -1.81. The first kappa shape index (κ1) is 14.8. The molecule has 0 bridgehead atoms. The number of methoxy groups -OCH3 is 2. The molecule has 0 amide bonds. The van der Waals surface area contributed by atoms with E-state index in [0.717, 1.165) is 42.9 Å². The Labute approximate surface area is 137 Å². The summed E-state index contributed by atoms with van der Waals surface area (Å²) in [5.41, 5.74) is 4.99. The lowest BCUT2D eigenvalue weighted by molar-refractivity contribution is -0.115. The number of carbonyl (C=O) groups is 1. The normalized spacial score (nSPS) is 26.2. The molecule has 0 aromatic heterocycles. The first-order valence-corrected chi connectivity index (χ1v) is 8.36. The monoisotopic (exact) mass is 313 g/mol. The van der Waals surface area contributed by atoms with Crippen molar-refractivity contribution < 1.29 is 14.3 Å². The van der Waals surface area contributed by atoms with Crippen LogP contribution in [0.4, 0.5) is 0 Å². The maximum Gasteiger partial charge on any atom is 0.168 e. The van der Waals surface area contributed by atoms with Crippen LogP contribution in [0.15, 0.2) is 12.1 Å². The number of hydrogen-bond donors (Lipinski definition) is 0. The zero-order chi connectivity index (χ0) is 16.1. The summed E-state index contributed by atoms with van der Waals surface area (Å²) in [7, 11) is 5.58. The Bertz CT molecular complexity index is 707. The third-order valence-electron chi connectivity index (χ3n) is 5.69. The highest BCUT2D eigenvalue weighted by molar-refractivity contribution is 6.00. The molecule has 1 heterocycles. The van der Waals surface area contributed by atoms with E-state index in [1.165, 1.54) is 16.7 Å². The van der Waals surface area contributed by atoms with E-state index in [2.05, 4.69) is 18.0 Å². The molecule has 2 atom stereocenters. The molecule has 4 nitrogen and oxygen atoms in total.